The van der Waals surface area contributed by atoms with E-state index in [4.69, 9.17) is 13.8 Å². The van der Waals surface area contributed by atoms with Gasteiger partial charge in [0.1, 0.15) is 5.82 Å². The van der Waals surface area contributed by atoms with Gasteiger partial charge in [-0.1, -0.05) is 48.0 Å². The third-order valence-corrected chi connectivity index (χ3v) is 8.17. The summed E-state index contributed by atoms with van der Waals surface area (Å²) >= 11 is 0. The maximum Gasteiger partial charge on any atom is 0.188 e. The molecule has 0 saturated carbocycles. The van der Waals surface area contributed by atoms with Crippen molar-refractivity contribution < 1.29 is 29.9 Å². The van der Waals surface area contributed by atoms with Gasteiger partial charge in [0, 0.05) is 73.2 Å². The monoisotopic (exact) mass is 767 g/mol. The number of pyridine rings is 1. The first-order valence-corrected chi connectivity index (χ1v) is 14.5. The van der Waals surface area contributed by atoms with Crippen LogP contribution >= 0.6 is 0 Å². The topological polar surface area (TPSA) is 36.9 Å². The number of aromatic nitrogens is 4. The second kappa shape index (κ2) is 11.5. The molecule has 3 aromatic heterocycles. The van der Waals surface area contributed by atoms with E-state index in [1.165, 1.54) is 21.3 Å². The average Bonchev–Trinajstić information content (AvgIpc) is 3.62. The van der Waals surface area contributed by atoms with E-state index in [9.17, 15) is 0 Å². The maximum absolute atomic E-state index is 8.02. The van der Waals surface area contributed by atoms with Crippen LogP contribution in [0.4, 0.5) is 0 Å². The Kier molecular flexibility index (Phi) is 6.48. The summed E-state index contributed by atoms with van der Waals surface area (Å²) in [5.74, 6) is 1.80. The van der Waals surface area contributed by atoms with Crippen LogP contribution in [0, 0.1) is 26.0 Å². The normalized spacial score (nSPS) is 12.5. The van der Waals surface area contributed by atoms with Crippen LogP contribution in [0.3, 0.4) is 0 Å². The van der Waals surface area contributed by atoms with Crippen molar-refractivity contribution in [3.05, 3.63) is 145 Å². The number of aryl methyl sites for hydroxylation is 3. The molecule has 0 N–H and O–H groups in total. The predicted molar refractivity (Wildman–Crippen MR) is 178 cm³/mol. The first-order chi connectivity index (χ1) is 22.8. The first kappa shape index (κ1) is 25.3. The molecule has 0 bridgehead atoms. The minimum absolute atomic E-state index is 0. The molecule has 0 amide bonds. The molecule has 0 radical (unpaired) electrons. The van der Waals surface area contributed by atoms with E-state index in [-0.39, 0.29) is 21.1 Å². The summed E-state index contributed by atoms with van der Waals surface area (Å²) < 4.78 is 35.7. The summed E-state index contributed by atoms with van der Waals surface area (Å²) in [4.78, 5) is 4.82. The van der Waals surface area contributed by atoms with Gasteiger partial charge >= 0.3 is 0 Å². The molecule has 0 aliphatic rings. The number of para-hydroxylation sites is 3. The molecular formula is C39H29N4OPt-. The predicted octanol–water partition coefficient (Wildman–Crippen LogP) is 9.42. The van der Waals surface area contributed by atoms with Crippen molar-refractivity contribution >= 4 is 32.8 Å². The van der Waals surface area contributed by atoms with Crippen LogP contribution in [0.25, 0.3) is 55.5 Å². The second-order valence-electron chi connectivity index (χ2n) is 11.0. The number of benzene rings is 5. The van der Waals surface area contributed by atoms with Crippen LogP contribution in [-0.2, 0) is 28.0 Å². The SMILES string of the molecule is [2H]C([2H])([2H])n1[cH+]n(-c2[c-]c(Oc3[c-]c4c(cc3)c3ccccc3n4-c3cc(-c4c(C)cccc4C)ccn3)ccc2)c2ccccc21.[Pt]. The quantitative estimate of drug-likeness (QED) is 0.164. The molecule has 0 fully saturated rings. The first-order valence-electron chi connectivity index (χ1n) is 16.0. The zero-order valence-corrected chi connectivity index (χ0v) is 26.8. The van der Waals surface area contributed by atoms with Crippen molar-refractivity contribution in [3.63, 3.8) is 0 Å². The number of nitrogens with zero attached hydrogens (tertiary/aromatic N) is 4. The van der Waals surface area contributed by atoms with Gasteiger partial charge in [0.25, 0.3) is 0 Å². The molecule has 0 aliphatic carbocycles. The zero-order chi connectivity index (χ0) is 32.3. The van der Waals surface area contributed by atoms with Gasteiger partial charge in [-0.3, -0.25) is 0 Å². The van der Waals surface area contributed by atoms with Gasteiger partial charge in [0.15, 0.2) is 17.4 Å². The van der Waals surface area contributed by atoms with Crippen LogP contribution < -0.4 is 4.74 Å². The number of hydrogen-bond donors (Lipinski definition) is 0. The molecule has 8 aromatic rings. The van der Waals surface area contributed by atoms with Crippen LogP contribution in [0.2, 0.25) is 0 Å². The van der Waals surface area contributed by atoms with E-state index in [0.717, 1.165) is 38.7 Å². The van der Waals surface area contributed by atoms with Gasteiger partial charge in [0.05, 0.1) is 0 Å². The van der Waals surface area contributed by atoms with Crippen molar-refractivity contribution in [1.82, 2.24) is 18.7 Å². The van der Waals surface area contributed by atoms with Gasteiger partial charge in [-0.05, 0) is 71.8 Å². The van der Waals surface area contributed by atoms with E-state index in [1.807, 2.05) is 65.4 Å². The Hall–Kier alpha value is -4.99. The van der Waals surface area contributed by atoms with Crippen LogP contribution in [0.15, 0.2) is 122 Å². The number of rotatable bonds is 5. The Balaban J connectivity index is 0.00000364. The van der Waals surface area contributed by atoms with E-state index in [0.29, 0.717) is 22.7 Å². The van der Waals surface area contributed by atoms with Gasteiger partial charge in [-0.15, -0.1) is 29.7 Å². The fourth-order valence-electron chi connectivity index (χ4n) is 6.20. The number of fused-ring (bicyclic) bond motifs is 4. The Morgan fingerprint density at radius 1 is 0.733 bits per heavy atom. The Labute approximate surface area is 280 Å². The number of imidazole rings is 1. The fraction of sp³-hybridized carbons (Fsp3) is 0.0769. The summed E-state index contributed by atoms with van der Waals surface area (Å²) in [5, 5.41) is 2.14. The zero-order valence-electron chi connectivity index (χ0n) is 27.6. The Bertz CT molecular complexity index is 2460. The molecule has 5 nitrogen and oxygen atoms in total. The molecule has 0 aliphatic heterocycles. The molecule has 6 heteroatoms. The second-order valence-corrected chi connectivity index (χ2v) is 11.0. The van der Waals surface area contributed by atoms with Gasteiger partial charge in [0.2, 0.25) is 0 Å². The van der Waals surface area contributed by atoms with E-state index >= 15 is 0 Å². The summed E-state index contributed by atoms with van der Waals surface area (Å²) in [6.45, 7) is 1.95. The molecule has 0 spiro atoms. The molecule has 45 heavy (non-hydrogen) atoms. The molecule has 222 valence electrons. The number of ether oxygens (including phenoxy) is 1. The van der Waals surface area contributed by atoms with Gasteiger partial charge in [-0.25, -0.2) is 14.1 Å². The molecule has 0 saturated heterocycles. The minimum Gasteiger partial charge on any atom is -0.508 e. The van der Waals surface area contributed by atoms with E-state index in [2.05, 4.69) is 79.1 Å². The Morgan fingerprint density at radius 3 is 2.29 bits per heavy atom. The summed E-state index contributed by atoms with van der Waals surface area (Å²) in [6, 6.07) is 42.6. The summed E-state index contributed by atoms with van der Waals surface area (Å²) in [7, 11) is 0. The van der Waals surface area contributed by atoms with Gasteiger partial charge < -0.3 is 9.30 Å². The van der Waals surface area contributed by atoms with Gasteiger partial charge in [-0.2, -0.15) is 12.1 Å². The van der Waals surface area contributed by atoms with Crippen molar-refractivity contribution in [2.45, 2.75) is 13.8 Å². The van der Waals surface area contributed by atoms with Crippen molar-refractivity contribution in [2.24, 2.45) is 6.98 Å². The largest absolute Gasteiger partial charge is 0.508 e. The minimum atomic E-state index is -2.32. The van der Waals surface area contributed by atoms with Crippen molar-refractivity contribution in [1.29, 1.82) is 0 Å². The smallest absolute Gasteiger partial charge is 0.188 e. The van der Waals surface area contributed by atoms with Crippen LogP contribution in [0.1, 0.15) is 15.2 Å². The average molecular weight is 768 g/mol. The fourth-order valence-corrected chi connectivity index (χ4v) is 6.20. The Morgan fingerprint density at radius 2 is 1.47 bits per heavy atom. The standard InChI is InChI=1S/C39H29N4O.Pt/c1-26-10-8-11-27(2)39(26)28-20-21-40-38(22-28)43-34-15-5-4-14-32(34)33-19-18-31(24-37(33)43)44-30-13-9-12-29(23-30)42-25-41(3)35-16-6-7-17-36(35)42;/h4-22,25H,1-3H3;/q-1;/i3D3;. The maximum atomic E-state index is 8.02. The molecule has 3 heterocycles. The van der Waals surface area contributed by atoms with E-state index < -0.39 is 6.98 Å². The third-order valence-electron chi connectivity index (χ3n) is 8.17. The molecule has 0 unspecified atom stereocenters. The molecule has 0 atom stereocenters. The van der Waals surface area contributed by atoms with Crippen LogP contribution in [-0.4, -0.2) is 18.7 Å². The summed E-state index contributed by atoms with van der Waals surface area (Å²) in [5.41, 5.74) is 8.63. The molecule has 8 rings (SSSR count). The van der Waals surface area contributed by atoms with Crippen LogP contribution in [0.5, 0.6) is 11.5 Å². The molecule has 5 aromatic carbocycles. The van der Waals surface area contributed by atoms with Crippen molar-refractivity contribution in [3.8, 4) is 34.1 Å². The van der Waals surface area contributed by atoms with Crippen molar-refractivity contribution in [2.75, 3.05) is 0 Å². The van der Waals surface area contributed by atoms with E-state index in [1.54, 1.807) is 12.4 Å². The number of hydrogen-bond acceptors (Lipinski definition) is 2. The molecular weight excluding hydrogens is 736 g/mol. The summed E-state index contributed by atoms with van der Waals surface area (Å²) in [6.07, 6.45) is 3.45. The third kappa shape index (κ3) is 4.94.